The number of likely N-dealkylation sites (tertiary alicyclic amines) is 1. The van der Waals surface area contributed by atoms with E-state index >= 15 is 0 Å². The van der Waals surface area contributed by atoms with Crippen LogP contribution in [0.3, 0.4) is 0 Å². The van der Waals surface area contributed by atoms with Crippen LogP contribution in [0.1, 0.15) is 29.8 Å². The number of imidazole rings is 1. The normalized spacial score (nSPS) is 20.9. The zero-order valence-corrected chi connectivity index (χ0v) is 10.9. The van der Waals surface area contributed by atoms with Crippen molar-refractivity contribution in [3.8, 4) is 0 Å². The molecule has 2 rings (SSSR count). The molecule has 18 heavy (non-hydrogen) atoms. The topological polar surface area (TPSA) is 73.4 Å². The number of nitrogens with zero attached hydrogens (tertiary/aromatic N) is 3. The monoisotopic (exact) mass is 252 g/mol. The third kappa shape index (κ3) is 2.48. The van der Waals surface area contributed by atoms with Crippen LogP contribution in [0.5, 0.6) is 0 Å². The Bertz CT molecular complexity index is 430. The summed E-state index contributed by atoms with van der Waals surface area (Å²) in [6.45, 7) is 1.88. The van der Waals surface area contributed by atoms with Gasteiger partial charge in [0.05, 0.1) is 13.4 Å². The Morgan fingerprint density at radius 1 is 1.61 bits per heavy atom. The molecule has 2 heterocycles. The van der Waals surface area contributed by atoms with E-state index in [9.17, 15) is 4.79 Å². The number of nitrogen functional groups attached to an aromatic ring is 1. The molecule has 100 valence electrons. The molecular weight excluding hydrogens is 232 g/mol. The van der Waals surface area contributed by atoms with Crippen LogP contribution >= 0.6 is 0 Å². The molecule has 1 saturated heterocycles. The first-order chi connectivity index (χ1) is 8.63. The first-order valence-corrected chi connectivity index (χ1v) is 6.22. The number of ether oxygens (including phenoxy) is 1. The highest BCUT2D eigenvalue weighted by Gasteiger charge is 2.22. The minimum Gasteiger partial charge on any atom is -0.464 e. The predicted octanol–water partition coefficient (Wildman–Crippen LogP) is 0.736. The largest absolute Gasteiger partial charge is 0.464 e. The average Bonchev–Trinajstić information content (AvgIpc) is 2.73. The van der Waals surface area contributed by atoms with Gasteiger partial charge in [-0.1, -0.05) is 6.42 Å². The summed E-state index contributed by atoms with van der Waals surface area (Å²) < 4.78 is 6.47. The molecule has 1 unspecified atom stereocenters. The van der Waals surface area contributed by atoms with E-state index in [1.807, 2.05) is 4.57 Å². The average molecular weight is 252 g/mol. The van der Waals surface area contributed by atoms with Gasteiger partial charge >= 0.3 is 5.97 Å². The first-order valence-electron chi connectivity index (χ1n) is 6.22. The molecule has 0 aliphatic carbocycles. The zero-order chi connectivity index (χ0) is 13.1. The predicted molar refractivity (Wildman–Crippen MR) is 68.2 cm³/mol. The Hall–Kier alpha value is -1.56. The molecule has 1 fully saturated rings. The number of anilines is 1. The highest BCUT2D eigenvalue weighted by molar-refractivity contribution is 5.92. The van der Waals surface area contributed by atoms with Gasteiger partial charge in [-0.25, -0.2) is 9.78 Å². The van der Waals surface area contributed by atoms with Gasteiger partial charge in [0.25, 0.3) is 0 Å². The number of esters is 1. The van der Waals surface area contributed by atoms with Crippen LogP contribution in [0.15, 0.2) is 6.33 Å². The van der Waals surface area contributed by atoms with Crippen LogP contribution in [0.25, 0.3) is 0 Å². The van der Waals surface area contributed by atoms with E-state index in [4.69, 9.17) is 5.73 Å². The lowest BCUT2D eigenvalue weighted by molar-refractivity contribution is 0.0596. The molecule has 0 amide bonds. The van der Waals surface area contributed by atoms with Crippen molar-refractivity contribution >= 4 is 11.8 Å². The molecule has 1 atom stereocenters. The number of nitrogens with two attached hydrogens (primary N) is 1. The molecule has 1 aromatic rings. The summed E-state index contributed by atoms with van der Waals surface area (Å²) in [6, 6.07) is 0.459. The standard InChI is InChI=1S/C12H20N4O2/c1-15-6-4-3-5-9(15)7-16-8-14-10(11(16)13)12(17)18-2/h8-9H,3-7,13H2,1-2H3. The SMILES string of the molecule is COC(=O)c1ncn(CC2CCCCN2C)c1N. The van der Waals surface area contributed by atoms with Gasteiger partial charge in [0.15, 0.2) is 5.69 Å². The fourth-order valence-electron chi connectivity index (χ4n) is 2.39. The number of piperidine rings is 1. The molecule has 0 radical (unpaired) electrons. The summed E-state index contributed by atoms with van der Waals surface area (Å²) >= 11 is 0. The van der Waals surface area contributed by atoms with Gasteiger partial charge in [-0.15, -0.1) is 0 Å². The van der Waals surface area contributed by atoms with Crippen LogP contribution in [0.2, 0.25) is 0 Å². The lowest BCUT2D eigenvalue weighted by Gasteiger charge is -2.32. The molecule has 0 bridgehead atoms. The molecule has 1 aliphatic rings. The number of rotatable bonds is 3. The molecule has 0 saturated carbocycles. The molecule has 2 N–H and O–H groups in total. The van der Waals surface area contributed by atoms with Crippen LogP contribution in [0, 0.1) is 0 Å². The molecule has 1 aliphatic heterocycles. The number of likely N-dealkylation sites (N-methyl/N-ethyl adjacent to an activating group) is 1. The second-order valence-corrected chi connectivity index (χ2v) is 4.75. The maximum atomic E-state index is 11.4. The first kappa shape index (κ1) is 12.9. The van der Waals surface area contributed by atoms with Gasteiger partial charge < -0.3 is 19.9 Å². The maximum Gasteiger partial charge on any atom is 0.360 e. The van der Waals surface area contributed by atoms with E-state index in [1.165, 1.54) is 20.0 Å². The van der Waals surface area contributed by atoms with Crippen molar-refractivity contribution in [2.75, 3.05) is 26.4 Å². The van der Waals surface area contributed by atoms with E-state index in [0.29, 0.717) is 11.9 Å². The Labute approximate surface area is 107 Å². The number of carbonyl (C=O) groups excluding carboxylic acids is 1. The maximum absolute atomic E-state index is 11.4. The third-order valence-corrected chi connectivity index (χ3v) is 3.59. The van der Waals surface area contributed by atoms with E-state index in [-0.39, 0.29) is 5.69 Å². The summed E-state index contributed by atoms with van der Waals surface area (Å²) in [6.07, 6.45) is 5.26. The molecular formula is C12H20N4O2. The molecule has 0 spiro atoms. The van der Waals surface area contributed by atoms with Crippen molar-refractivity contribution in [1.29, 1.82) is 0 Å². The van der Waals surface area contributed by atoms with Gasteiger partial charge in [0.1, 0.15) is 5.82 Å². The van der Waals surface area contributed by atoms with E-state index < -0.39 is 5.97 Å². The number of methoxy groups -OCH3 is 1. The molecule has 0 aromatic carbocycles. The highest BCUT2D eigenvalue weighted by atomic mass is 16.5. The van der Waals surface area contributed by atoms with Crippen LogP contribution in [-0.4, -0.2) is 47.2 Å². The quantitative estimate of drug-likeness (QED) is 0.803. The molecule has 1 aromatic heterocycles. The van der Waals surface area contributed by atoms with Crippen LogP contribution < -0.4 is 5.73 Å². The number of aromatic nitrogens is 2. The van der Waals surface area contributed by atoms with Crippen molar-refractivity contribution in [1.82, 2.24) is 14.5 Å². The minimum absolute atomic E-state index is 0.205. The summed E-state index contributed by atoms with van der Waals surface area (Å²) in [5, 5.41) is 0. The minimum atomic E-state index is -0.483. The van der Waals surface area contributed by atoms with Crippen LogP contribution in [0.4, 0.5) is 5.82 Å². The van der Waals surface area contributed by atoms with Crippen LogP contribution in [-0.2, 0) is 11.3 Å². The number of carbonyl (C=O) groups is 1. The van der Waals surface area contributed by atoms with E-state index in [2.05, 4.69) is 21.7 Å². The number of hydrogen-bond acceptors (Lipinski definition) is 5. The lowest BCUT2D eigenvalue weighted by Crippen LogP contribution is -2.39. The van der Waals surface area contributed by atoms with Crippen molar-refractivity contribution in [2.45, 2.75) is 31.8 Å². The van der Waals surface area contributed by atoms with Gasteiger partial charge in [0.2, 0.25) is 0 Å². The Morgan fingerprint density at radius 3 is 3.06 bits per heavy atom. The van der Waals surface area contributed by atoms with Gasteiger partial charge in [-0.3, -0.25) is 0 Å². The van der Waals surface area contributed by atoms with Gasteiger partial charge in [0, 0.05) is 12.6 Å². The fourth-order valence-corrected chi connectivity index (χ4v) is 2.39. The molecule has 6 heteroatoms. The second-order valence-electron chi connectivity index (χ2n) is 4.75. The van der Waals surface area contributed by atoms with E-state index in [1.54, 1.807) is 6.33 Å². The van der Waals surface area contributed by atoms with Gasteiger partial charge in [-0.2, -0.15) is 0 Å². The lowest BCUT2D eigenvalue weighted by atomic mass is 10.0. The van der Waals surface area contributed by atoms with E-state index in [0.717, 1.165) is 19.5 Å². The van der Waals surface area contributed by atoms with Crippen molar-refractivity contribution in [3.63, 3.8) is 0 Å². The highest BCUT2D eigenvalue weighted by Crippen LogP contribution is 2.19. The smallest absolute Gasteiger partial charge is 0.360 e. The summed E-state index contributed by atoms with van der Waals surface area (Å²) in [7, 11) is 3.45. The summed E-state index contributed by atoms with van der Waals surface area (Å²) in [5.74, 6) is -0.0935. The third-order valence-electron chi connectivity index (χ3n) is 3.59. The second kappa shape index (κ2) is 5.39. The van der Waals surface area contributed by atoms with Gasteiger partial charge in [-0.05, 0) is 26.4 Å². The number of hydrogen-bond donors (Lipinski definition) is 1. The van der Waals surface area contributed by atoms with Crippen molar-refractivity contribution < 1.29 is 9.53 Å². The van der Waals surface area contributed by atoms with Crippen molar-refractivity contribution in [2.24, 2.45) is 0 Å². The Morgan fingerprint density at radius 2 is 2.39 bits per heavy atom. The summed E-state index contributed by atoms with van der Waals surface area (Å²) in [4.78, 5) is 17.8. The summed E-state index contributed by atoms with van der Waals surface area (Å²) in [5.41, 5.74) is 6.13. The fraction of sp³-hybridized carbons (Fsp3) is 0.667. The Balaban J connectivity index is 2.10. The Kier molecular flexibility index (Phi) is 3.86. The van der Waals surface area contributed by atoms with Crippen molar-refractivity contribution in [3.05, 3.63) is 12.0 Å². The zero-order valence-electron chi connectivity index (χ0n) is 10.9. The molecule has 6 nitrogen and oxygen atoms in total.